The second kappa shape index (κ2) is 5.80. The van der Waals surface area contributed by atoms with Gasteiger partial charge in [-0.05, 0) is 44.4 Å². The van der Waals surface area contributed by atoms with Crippen molar-refractivity contribution in [2.75, 3.05) is 19.6 Å². The fourth-order valence-corrected chi connectivity index (χ4v) is 2.92. The monoisotopic (exact) mass is 268 g/mol. The summed E-state index contributed by atoms with van der Waals surface area (Å²) < 4.78 is 0. The third kappa shape index (κ3) is 3.19. The highest BCUT2D eigenvalue weighted by Gasteiger charge is 2.39. The van der Waals surface area contributed by atoms with Crippen molar-refractivity contribution in [2.24, 2.45) is 11.8 Å². The molecule has 2 unspecified atom stereocenters. The van der Waals surface area contributed by atoms with E-state index in [1.807, 2.05) is 18.7 Å². The summed E-state index contributed by atoms with van der Waals surface area (Å²) in [5.41, 5.74) is 0. The van der Waals surface area contributed by atoms with Gasteiger partial charge in [0.2, 0.25) is 0 Å². The predicted molar refractivity (Wildman–Crippen MR) is 71.9 cm³/mol. The maximum atomic E-state index is 12.5. The van der Waals surface area contributed by atoms with Gasteiger partial charge in [-0.15, -0.1) is 0 Å². The van der Waals surface area contributed by atoms with Crippen molar-refractivity contribution in [1.29, 1.82) is 0 Å². The van der Waals surface area contributed by atoms with Crippen LogP contribution < -0.4 is 0 Å². The number of hydrogen-bond acceptors (Lipinski definition) is 2. The van der Waals surface area contributed by atoms with E-state index in [4.69, 9.17) is 0 Å². The van der Waals surface area contributed by atoms with E-state index >= 15 is 0 Å². The van der Waals surface area contributed by atoms with E-state index in [2.05, 4.69) is 0 Å². The lowest BCUT2D eigenvalue weighted by molar-refractivity contribution is -0.145. The second-order valence-electron chi connectivity index (χ2n) is 5.86. The van der Waals surface area contributed by atoms with Gasteiger partial charge in [-0.3, -0.25) is 0 Å². The lowest BCUT2D eigenvalue weighted by atomic mass is 9.91. The molecule has 1 N–H and O–H groups in total. The molecule has 1 heterocycles. The summed E-state index contributed by atoms with van der Waals surface area (Å²) >= 11 is 0. The molecule has 0 aromatic rings. The molecular weight excluding hydrogens is 244 g/mol. The molecule has 1 aliphatic heterocycles. The molecule has 2 rings (SSSR count). The van der Waals surface area contributed by atoms with Gasteiger partial charge in [0.15, 0.2) is 0 Å². The maximum absolute atomic E-state index is 12.5. The second-order valence-corrected chi connectivity index (χ2v) is 5.86. The Morgan fingerprint density at radius 3 is 2.53 bits per heavy atom. The number of carboxylic acids is 1. The van der Waals surface area contributed by atoms with E-state index in [1.54, 1.807) is 4.90 Å². The van der Waals surface area contributed by atoms with Crippen LogP contribution in [0.5, 0.6) is 0 Å². The standard InChI is InChI=1S/C14H24N2O3/c1-3-15(9-11-6-7-11)14(19)16-8-4-5-10(2)12(16)13(17)18/h10-12H,3-9H2,1-2H3,(H,17,18). The zero-order chi connectivity index (χ0) is 14.0. The molecule has 0 aromatic heterocycles. The molecule has 0 radical (unpaired) electrons. The molecule has 1 saturated heterocycles. The molecule has 19 heavy (non-hydrogen) atoms. The Hall–Kier alpha value is -1.26. The van der Waals surface area contributed by atoms with Crippen molar-refractivity contribution in [3.05, 3.63) is 0 Å². The van der Waals surface area contributed by atoms with Crippen molar-refractivity contribution in [1.82, 2.24) is 9.80 Å². The summed E-state index contributed by atoms with van der Waals surface area (Å²) in [6.45, 7) is 5.90. The van der Waals surface area contributed by atoms with Gasteiger partial charge in [-0.25, -0.2) is 9.59 Å². The Balaban J connectivity index is 2.07. The first-order chi connectivity index (χ1) is 9.04. The number of carbonyl (C=O) groups is 2. The van der Waals surface area contributed by atoms with Gasteiger partial charge in [0.1, 0.15) is 6.04 Å². The zero-order valence-electron chi connectivity index (χ0n) is 11.8. The van der Waals surface area contributed by atoms with Crippen molar-refractivity contribution >= 4 is 12.0 Å². The lowest BCUT2D eigenvalue weighted by Gasteiger charge is -2.40. The van der Waals surface area contributed by atoms with Crippen molar-refractivity contribution in [3.63, 3.8) is 0 Å². The highest BCUT2D eigenvalue weighted by Crippen LogP contribution is 2.31. The van der Waals surface area contributed by atoms with Crippen LogP contribution >= 0.6 is 0 Å². The first-order valence-corrected chi connectivity index (χ1v) is 7.33. The number of hydrogen-bond donors (Lipinski definition) is 1. The topological polar surface area (TPSA) is 60.9 Å². The van der Waals surface area contributed by atoms with Crippen LogP contribution in [-0.4, -0.2) is 52.6 Å². The zero-order valence-corrected chi connectivity index (χ0v) is 11.8. The number of likely N-dealkylation sites (tertiary alicyclic amines) is 1. The number of rotatable bonds is 4. The van der Waals surface area contributed by atoms with E-state index in [0.29, 0.717) is 19.0 Å². The van der Waals surface area contributed by atoms with E-state index in [0.717, 1.165) is 19.4 Å². The summed E-state index contributed by atoms with van der Waals surface area (Å²) in [6, 6.07) is -0.747. The van der Waals surface area contributed by atoms with Gasteiger partial charge in [0.05, 0.1) is 0 Å². The van der Waals surface area contributed by atoms with E-state index < -0.39 is 12.0 Å². The number of nitrogens with zero attached hydrogens (tertiary/aromatic N) is 2. The molecule has 1 saturated carbocycles. The summed E-state index contributed by atoms with van der Waals surface area (Å²) in [6.07, 6.45) is 4.18. The molecule has 2 fully saturated rings. The van der Waals surface area contributed by atoms with Gasteiger partial charge in [-0.1, -0.05) is 6.92 Å². The number of piperidine rings is 1. The normalized spacial score (nSPS) is 27.2. The molecule has 0 bridgehead atoms. The van der Waals surface area contributed by atoms with Crippen LogP contribution in [0, 0.1) is 11.8 Å². The minimum Gasteiger partial charge on any atom is -0.480 e. The summed E-state index contributed by atoms with van der Waals surface area (Å²) in [7, 11) is 0. The van der Waals surface area contributed by atoms with Crippen LogP contribution in [0.2, 0.25) is 0 Å². The molecule has 0 aromatic carbocycles. The Kier molecular flexibility index (Phi) is 4.32. The first kappa shape index (κ1) is 14.2. The quantitative estimate of drug-likeness (QED) is 0.848. The van der Waals surface area contributed by atoms with Gasteiger partial charge in [0, 0.05) is 19.6 Å². The molecule has 2 aliphatic rings. The number of urea groups is 1. The van der Waals surface area contributed by atoms with Crippen LogP contribution in [0.15, 0.2) is 0 Å². The largest absolute Gasteiger partial charge is 0.480 e. The summed E-state index contributed by atoms with van der Waals surface area (Å²) in [5, 5.41) is 9.36. The molecule has 0 spiro atoms. The van der Waals surface area contributed by atoms with Crippen LogP contribution in [0.25, 0.3) is 0 Å². The molecule has 5 heteroatoms. The first-order valence-electron chi connectivity index (χ1n) is 7.33. The molecule has 1 aliphatic carbocycles. The molecular formula is C14H24N2O3. The highest BCUT2D eigenvalue weighted by molar-refractivity contribution is 5.83. The highest BCUT2D eigenvalue weighted by atomic mass is 16.4. The van der Waals surface area contributed by atoms with Crippen LogP contribution in [0.3, 0.4) is 0 Å². The summed E-state index contributed by atoms with van der Waals surface area (Å²) in [4.78, 5) is 27.3. The van der Waals surface area contributed by atoms with Crippen molar-refractivity contribution in [3.8, 4) is 0 Å². The van der Waals surface area contributed by atoms with Gasteiger partial charge in [-0.2, -0.15) is 0 Å². The smallest absolute Gasteiger partial charge is 0.326 e. The maximum Gasteiger partial charge on any atom is 0.326 e. The van der Waals surface area contributed by atoms with E-state index in [1.165, 1.54) is 12.8 Å². The Labute approximate surface area is 114 Å². The average molecular weight is 268 g/mol. The van der Waals surface area contributed by atoms with Crippen LogP contribution in [0.1, 0.15) is 39.5 Å². The predicted octanol–water partition coefficient (Wildman–Crippen LogP) is 2.02. The number of carboxylic acid groups (broad SMARTS) is 1. The lowest BCUT2D eigenvalue weighted by Crippen LogP contribution is -2.56. The number of amides is 2. The Bertz CT molecular complexity index is 355. The Morgan fingerprint density at radius 2 is 2.00 bits per heavy atom. The molecule has 2 amide bonds. The third-order valence-electron chi connectivity index (χ3n) is 4.26. The fourth-order valence-electron chi connectivity index (χ4n) is 2.92. The minimum absolute atomic E-state index is 0.0369. The SMILES string of the molecule is CCN(CC1CC1)C(=O)N1CCCC(C)C1C(=O)O. The average Bonchev–Trinajstić information content (AvgIpc) is 3.18. The number of carbonyl (C=O) groups excluding carboxylic acids is 1. The van der Waals surface area contributed by atoms with E-state index in [9.17, 15) is 14.7 Å². The third-order valence-corrected chi connectivity index (χ3v) is 4.26. The van der Waals surface area contributed by atoms with Gasteiger partial charge >= 0.3 is 12.0 Å². The fraction of sp³-hybridized carbons (Fsp3) is 0.857. The van der Waals surface area contributed by atoms with Crippen molar-refractivity contribution in [2.45, 2.75) is 45.6 Å². The van der Waals surface area contributed by atoms with Gasteiger partial charge < -0.3 is 14.9 Å². The van der Waals surface area contributed by atoms with Crippen LogP contribution in [0.4, 0.5) is 4.79 Å². The minimum atomic E-state index is -0.872. The van der Waals surface area contributed by atoms with E-state index in [-0.39, 0.29) is 11.9 Å². The van der Waals surface area contributed by atoms with Crippen LogP contribution in [-0.2, 0) is 4.79 Å². The summed E-state index contributed by atoms with van der Waals surface area (Å²) in [5.74, 6) is -0.202. The molecule has 5 nitrogen and oxygen atoms in total. The Morgan fingerprint density at radius 1 is 1.32 bits per heavy atom. The van der Waals surface area contributed by atoms with Gasteiger partial charge in [0.25, 0.3) is 0 Å². The molecule has 2 atom stereocenters. The van der Waals surface area contributed by atoms with Crippen molar-refractivity contribution < 1.29 is 14.7 Å². The number of aliphatic carboxylic acids is 1. The molecule has 108 valence electrons.